The average molecular weight is 720 g/mol. The topological polar surface area (TPSA) is 78.9 Å². The smallest absolute Gasteiger partial charge is 0.298 e. The highest BCUT2D eigenvalue weighted by atomic mass is 32.2. The highest BCUT2D eigenvalue weighted by Gasteiger charge is 2.70. The van der Waals surface area contributed by atoms with Crippen molar-refractivity contribution in [2.45, 2.75) is 105 Å². The second-order valence-electron chi connectivity index (χ2n) is 19.1. The summed E-state index contributed by atoms with van der Waals surface area (Å²) in [6.45, 7) is 25.3. The van der Waals surface area contributed by atoms with Crippen molar-refractivity contribution in [2.24, 2.45) is 51.2 Å². The molecule has 7 nitrogen and oxygen atoms in total. The number of carbonyl (C=O) groups is 1. The van der Waals surface area contributed by atoms with Gasteiger partial charge in [-0.1, -0.05) is 65.0 Å². The number of carbonyl (C=O) groups excluding carboxylic acids is 1. The van der Waals surface area contributed by atoms with Gasteiger partial charge in [0.25, 0.3) is 6.47 Å². The number of ether oxygens (including phenoxy) is 1. The van der Waals surface area contributed by atoms with E-state index in [1.165, 1.54) is 74.3 Å². The highest BCUT2D eigenvalue weighted by Crippen LogP contribution is 2.76. The quantitative estimate of drug-likeness (QED) is 0.208. The molecule has 0 bridgehead atoms. The summed E-state index contributed by atoms with van der Waals surface area (Å²) in [5, 5.41) is 4.25. The Morgan fingerprint density at radius 3 is 2.27 bits per heavy atom. The van der Waals surface area contributed by atoms with Gasteiger partial charge < -0.3 is 10.1 Å². The highest BCUT2D eigenvalue weighted by molar-refractivity contribution is 7.88. The van der Waals surface area contributed by atoms with Crippen LogP contribution in [-0.4, -0.2) is 75.2 Å². The zero-order valence-electron chi connectivity index (χ0n) is 32.6. The molecule has 0 spiro atoms. The number of nitrogens with one attached hydrogen (secondary N) is 1. The molecule has 5 aliphatic carbocycles. The van der Waals surface area contributed by atoms with E-state index in [0.717, 1.165) is 32.6 Å². The van der Waals surface area contributed by atoms with E-state index in [1.54, 1.807) is 4.31 Å². The lowest BCUT2D eigenvalue weighted by Gasteiger charge is -2.72. The number of piperazine rings is 1. The number of rotatable bonds is 9. The van der Waals surface area contributed by atoms with E-state index in [1.807, 2.05) is 12.1 Å². The van der Waals surface area contributed by atoms with Crippen LogP contribution >= 0.6 is 0 Å². The van der Waals surface area contributed by atoms with Crippen LogP contribution in [0.4, 0.5) is 0 Å². The standard InChI is InChI=1S/C43H65N3O4S/c1-30(2)33-15-20-43(44-23-24-45-25-27-46(28-26-45)51(8,48)49)22-21-41(6)35(38(33)43)13-14-37-40(5)18-16-34(31-9-11-32(12-10-31)50-29-47)39(3,4)36(40)17-19-42(37,41)7/h9-12,16,29,33,35-38,44H,1,13-15,17-28H2,2-8H3/t33-,35+,36-,37+,38+,40-,41+,42+,43-/m0/s1. The van der Waals surface area contributed by atoms with Gasteiger partial charge in [0, 0.05) is 44.8 Å². The van der Waals surface area contributed by atoms with Crippen molar-refractivity contribution in [3.63, 3.8) is 0 Å². The molecule has 4 saturated carbocycles. The molecule has 8 heteroatoms. The number of nitrogens with zero attached hydrogens (tertiary/aromatic N) is 2. The fourth-order valence-electron chi connectivity index (χ4n) is 14.1. The summed E-state index contributed by atoms with van der Waals surface area (Å²) in [6, 6.07) is 8.12. The SMILES string of the molecule is C=C(C)[C@@H]1CC[C@]2(NCCN3CCN(S(C)(=O)=O)CC3)CC[C@]3(C)[C@H](CC[C@@H]4[C@@]5(C)CC=C(c6ccc(OC=O)cc6)C(C)(C)[C@@H]5CC[C@]43C)[C@@H]12. The third-order valence-electron chi connectivity index (χ3n) is 16.7. The number of hydrogen-bond donors (Lipinski definition) is 1. The zero-order valence-corrected chi connectivity index (χ0v) is 33.4. The van der Waals surface area contributed by atoms with Crippen molar-refractivity contribution in [2.75, 3.05) is 45.5 Å². The van der Waals surface area contributed by atoms with E-state index < -0.39 is 10.0 Å². The van der Waals surface area contributed by atoms with Gasteiger partial charge in [0.1, 0.15) is 5.75 Å². The molecule has 51 heavy (non-hydrogen) atoms. The summed E-state index contributed by atoms with van der Waals surface area (Å²) in [5.41, 5.74) is 5.15. The van der Waals surface area contributed by atoms with Gasteiger partial charge in [0.15, 0.2) is 0 Å². The second-order valence-corrected chi connectivity index (χ2v) is 21.0. The van der Waals surface area contributed by atoms with Gasteiger partial charge in [-0.3, -0.25) is 9.69 Å². The molecule has 9 atom stereocenters. The number of benzene rings is 1. The molecule has 5 fully saturated rings. The van der Waals surface area contributed by atoms with Crippen LogP contribution in [0.3, 0.4) is 0 Å². The fraction of sp³-hybridized carbons (Fsp3) is 0.744. The lowest BCUT2D eigenvalue weighted by Crippen LogP contribution is -2.68. The van der Waals surface area contributed by atoms with Crippen LogP contribution in [-0.2, 0) is 14.8 Å². The van der Waals surface area contributed by atoms with Gasteiger partial charge in [-0.25, -0.2) is 8.42 Å². The maximum atomic E-state index is 12.1. The summed E-state index contributed by atoms with van der Waals surface area (Å²) in [6.07, 6.45) is 15.3. The molecule has 0 amide bonds. The van der Waals surface area contributed by atoms with Crippen LogP contribution in [0.1, 0.15) is 105 Å². The van der Waals surface area contributed by atoms with Crippen molar-refractivity contribution in [1.29, 1.82) is 0 Å². The lowest BCUT2D eigenvalue weighted by molar-refractivity contribution is -0.219. The summed E-state index contributed by atoms with van der Waals surface area (Å²) in [7, 11) is -3.11. The van der Waals surface area contributed by atoms with Gasteiger partial charge in [-0.15, -0.1) is 0 Å². The molecule has 7 rings (SSSR count). The first kappa shape index (κ1) is 37.3. The molecule has 0 radical (unpaired) electrons. The third-order valence-corrected chi connectivity index (χ3v) is 18.0. The van der Waals surface area contributed by atoms with E-state index in [4.69, 9.17) is 4.74 Å². The van der Waals surface area contributed by atoms with Gasteiger partial charge in [0.2, 0.25) is 10.0 Å². The van der Waals surface area contributed by atoms with Crippen molar-refractivity contribution >= 4 is 22.1 Å². The van der Waals surface area contributed by atoms with Gasteiger partial charge in [0.05, 0.1) is 6.26 Å². The summed E-state index contributed by atoms with van der Waals surface area (Å²) in [5.74, 6) is 3.81. The van der Waals surface area contributed by atoms with Crippen LogP contribution in [0.25, 0.3) is 5.57 Å². The third kappa shape index (κ3) is 5.92. The largest absolute Gasteiger partial charge is 0.429 e. The second kappa shape index (κ2) is 13.1. The molecule has 1 aromatic rings. The van der Waals surface area contributed by atoms with E-state index in [2.05, 4.69) is 76.5 Å². The van der Waals surface area contributed by atoms with Crippen LogP contribution in [0.2, 0.25) is 0 Å². The van der Waals surface area contributed by atoms with E-state index >= 15 is 0 Å². The minimum atomic E-state index is -3.11. The zero-order chi connectivity index (χ0) is 36.6. The van der Waals surface area contributed by atoms with Crippen molar-refractivity contribution < 1.29 is 17.9 Å². The number of hydrogen-bond acceptors (Lipinski definition) is 6. The number of sulfonamides is 1. The first-order valence-corrected chi connectivity index (χ1v) is 21.8. The van der Waals surface area contributed by atoms with Crippen LogP contribution in [0, 0.1) is 51.2 Å². The Labute approximate surface area is 309 Å². The Kier molecular flexibility index (Phi) is 9.58. The Bertz CT molecular complexity index is 1650. The van der Waals surface area contributed by atoms with Crippen molar-refractivity contribution in [3.8, 4) is 5.75 Å². The number of allylic oxidation sites excluding steroid dienone is 3. The first-order chi connectivity index (χ1) is 24.0. The molecule has 1 N–H and O–H groups in total. The molecule has 1 heterocycles. The minimum Gasteiger partial charge on any atom is -0.429 e. The van der Waals surface area contributed by atoms with E-state index in [0.29, 0.717) is 65.7 Å². The normalized spacial score (nSPS) is 41.0. The van der Waals surface area contributed by atoms with Crippen LogP contribution in [0.5, 0.6) is 5.75 Å². The Balaban J connectivity index is 1.12. The fourth-order valence-corrected chi connectivity index (χ4v) is 14.9. The van der Waals surface area contributed by atoms with E-state index in [9.17, 15) is 13.2 Å². The van der Waals surface area contributed by atoms with E-state index in [-0.39, 0.29) is 16.4 Å². The molecule has 1 aliphatic heterocycles. The van der Waals surface area contributed by atoms with Gasteiger partial charge >= 0.3 is 0 Å². The molecule has 0 unspecified atom stereocenters. The molecular weight excluding hydrogens is 655 g/mol. The Morgan fingerprint density at radius 2 is 1.63 bits per heavy atom. The Morgan fingerprint density at radius 1 is 0.922 bits per heavy atom. The minimum absolute atomic E-state index is 0.0543. The Hall–Kier alpha value is -2.00. The van der Waals surface area contributed by atoms with Crippen LogP contribution in [0.15, 0.2) is 42.5 Å². The summed E-state index contributed by atoms with van der Waals surface area (Å²) in [4.78, 5) is 13.3. The van der Waals surface area contributed by atoms with Crippen molar-refractivity contribution in [1.82, 2.24) is 14.5 Å². The number of fused-ring (bicyclic) bond motifs is 7. The maximum absolute atomic E-state index is 12.1. The summed E-state index contributed by atoms with van der Waals surface area (Å²) >= 11 is 0. The summed E-state index contributed by atoms with van der Waals surface area (Å²) < 4.78 is 30.8. The molecule has 0 aromatic heterocycles. The molecule has 1 aromatic carbocycles. The monoisotopic (exact) mass is 719 g/mol. The average Bonchev–Trinajstić information content (AvgIpc) is 3.45. The molecular formula is C43H65N3O4S. The van der Waals surface area contributed by atoms with Gasteiger partial charge in [-0.05, 0) is 139 Å². The van der Waals surface area contributed by atoms with Crippen LogP contribution < -0.4 is 10.1 Å². The maximum Gasteiger partial charge on any atom is 0.298 e. The first-order valence-electron chi connectivity index (χ1n) is 20.0. The molecule has 282 valence electrons. The van der Waals surface area contributed by atoms with Crippen molar-refractivity contribution in [3.05, 3.63) is 48.1 Å². The molecule has 1 saturated heterocycles. The predicted molar refractivity (Wildman–Crippen MR) is 207 cm³/mol. The lowest BCUT2D eigenvalue weighted by atomic mass is 9.33. The molecule has 6 aliphatic rings. The van der Waals surface area contributed by atoms with Gasteiger partial charge in [-0.2, -0.15) is 4.31 Å². The predicted octanol–water partition coefficient (Wildman–Crippen LogP) is 7.79.